The lowest BCUT2D eigenvalue weighted by Gasteiger charge is -2.23. The quantitative estimate of drug-likeness (QED) is 0.568. The van der Waals surface area contributed by atoms with E-state index in [0.29, 0.717) is 13.1 Å². The molecule has 0 saturated carbocycles. The fraction of sp³-hybridized carbons (Fsp3) is 0.375. The lowest BCUT2D eigenvalue weighted by Crippen LogP contribution is -2.31. The standard InChI is InChI=1S/C24H31N3O2/c1-5-14-27(16-19(3)28)17-22-23(20-11-7-6-8-12-20)25-26(4)24(22)29-21-13-9-10-18(2)15-21/h6-13,15,19,28H,5,14,16-17H2,1-4H3/t19-/m0/s1. The van der Waals surface area contributed by atoms with Crippen molar-refractivity contribution in [2.45, 2.75) is 39.8 Å². The SMILES string of the molecule is CCCN(Cc1c(-c2ccccc2)nn(C)c1Oc1cccc(C)c1)C[C@H](C)O. The summed E-state index contributed by atoms with van der Waals surface area (Å²) in [4.78, 5) is 2.26. The second-order valence-corrected chi connectivity index (χ2v) is 7.62. The molecule has 0 radical (unpaired) electrons. The van der Waals surface area contributed by atoms with E-state index in [-0.39, 0.29) is 6.10 Å². The molecule has 0 aliphatic rings. The van der Waals surface area contributed by atoms with Crippen molar-refractivity contribution < 1.29 is 9.84 Å². The zero-order valence-corrected chi connectivity index (χ0v) is 17.8. The van der Waals surface area contributed by atoms with E-state index >= 15 is 0 Å². The van der Waals surface area contributed by atoms with Crippen LogP contribution in [0, 0.1) is 6.92 Å². The van der Waals surface area contributed by atoms with Gasteiger partial charge in [0.2, 0.25) is 5.88 Å². The van der Waals surface area contributed by atoms with Gasteiger partial charge < -0.3 is 9.84 Å². The average Bonchev–Trinajstić information content (AvgIpc) is 2.98. The molecular weight excluding hydrogens is 362 g/mol. The van der Waals surface area contributed by atoms with Crippen molar-refractivity contribution in [3.8, 4) is 22.9 Å². The number of aromatic nitrogens is 2. The summed E-state index contributed by atoms with van der Waals surface area (Å²) in [5.74, 6) is 1.53. The Labute approximate surface area is 173 Å². The fourth-order valence-corrected chi connectivity index (χ4v) is 3.59. The van der Waals surface area contributed by atoms with E-state index in [0.717, 1.165) is 47.0 Å². The molecule has 1 atom stereocenters. The number of aliphatic hydroxyl groups excluding tert-OH is 1. The second kappa shape index (κ2) is 9.72. The summed E-state index contributed by atoms with van der Waals surface area (Å²) in [6.07, 6.45) is 0.626. The van der Waals surface area contributed by atoms with Gasteiger partial charge in [0.25, 0.3) is 0 Å². The van der Waals surface area contributed by atoms with Crippen molar-refractivity contribution in [1.82, 2.24) is 14.7 Å². The molecule has 0 spiro atoms. The highest BCUT2D eigenvalue weighted by molar-refractivity contribution is 5.65. The molecule has 0 unspecified atom stereocenters. The summed E-state index contributed by atoms with van der Waals surface area (Å²) in [6.45, 7) is 8.21. The highest BCUT2D eigenvalue weighted by atomic mass is 16.5. The third-order valence-electron chi connectivity index (χ3n) is 4.78. The Morgan fingerprint density at radius 2 is 1.90 bits per heavy atom. The first-order valence-corrected chi connectivity index (χ1v) is 10.2. The van der Waals surface area contributed by atoms with Crippen LogP contribution >= 0.6 is 0 Å². The summed E-state index contributed by atoms with van der Waals surface area (Å²) in [7, 11) is 1.92. The van der Waals surface area contributed by atoms with E-state index in [1.54, 1.807) is 0 Å². The van der Waals surface area contributed by atoms with E-state index in [1.807, 2.05) is 55.1 Å². The number of hydrogen-bond acceptors (Lipinski definition) is 4. The number of rotatable bonds is 9. The number of hydrogen-bond donors (Lipinski definition) is 1. The number of ether oxygens (including phenoxy) is 1. The first-order chi connectivity index (χ1) is 14.0. The number of nitrogens with zero attached hydrogens (tertiary/aromatic N) is 3. The van der Waals surface area contributed by atoms with Crippen molar-refractivity contribution in [2.75, 3.05) is 13.1 Å². The van der Waals surface area contributed by atoms with Gasteiger partial charge in [0, 0.05) is 25.7 Å². The zero-order valence-electron chi connectivity index (χ0n) is 17.8. The van der Waals surface area contributed by atoms with Crippen LogP contribution in [0.25, 0.3) is 11.3 Å². The van der Waals surface area contributed by atoms with Gasteiger partial charge in [-0.3, -0.25) is 4.90 Å². The molecule has 0 bridgehead atoms. The molecule has 5 nitrogen and oxygen atoms in total. The summed E-state index contributed by atoms with van der Waals surface area (Å²) < 4.78 is 8.13. The number of aliphatic hydroxyl groups is 1. The Hall–Kier alpha value is -2.63. The van der Waals surface area contributed by atoms with Crippen molar-refractivity contribution in [2.24, 2.45) is 7.05 Å². The Bertz CT molecular complexity index is 919. The summed E-state index contributed by atoms with van der Waals surface area (Å²) in [5.41, 5.74) is 4.17. The molecule has 0 amide bonds. The molecule has 154 valence electrons. The summed E-state index contributed by atoms with van der Waals surface area (Å²) >= 11 is 0. The predicted molar refractivity (Wildman–Crippen MR) is 117 cm³/mol. The first kappa shape index (κ1) is 21.1. The molecular formula is C24H31N3O2. The van der Waals surface area contributed by atoms with Crippen LogP contribution in [0.3, 0.4) is 0 Å². The normalized spacial score (nSPS) is 12.3. The Morgan fingerprint density at radius 3 is 2.55 bits per heavy atom. The topological polar surface area (TPSA) is 50.5 Å². The van der Waals surface area contributed by atoms with Crippen LogP contribution in [-0.4, -0.2) is 39.0 Å². The van der Waals surface area contributed by atoms with Crippen molar-refractivity contribution in [1.29, 1.82) is 0 Å². The van der Waals surface area contributed by atoms with E-state index in [9.17, 15) is 5.11 Å². The third kappa shape index (κ3) is 5.46. The fourth-order valence-electron chi connectivity index (χ4n) is 3.59. The minimum absolute atomic E-state index is 0.389. The van der Waals surface area contributed by atoms with Crippen LogP contribution in [0.4, 0.5) is 0 Å². The molecule has 1 N–H and O–H groups in total. The maximum atomic E-state index is 9.96. The molecule has 0 aliphatic heterocycles. The van der Waals surface area contributed by atoms with Crippen LogP contribution < -0.4 is 4.74 Å². The monoisotopic (exact) mass is 393 g/mol. The van der Waals surface area contributed by atoms with E-state index in [1.165, 1.54) is 0 Å². The van der Waals surface area contributed by atoms with Gasteiger partial charge in [-0.05, 0) is 44.5 Å². The Kier molecular flexibility index (Phi) is 7.07. The highest BCUT2D eigenvalue weighted by Crippen LogP contribution is 2.34. The lowest BCUT2D eigenvalue weighted by molar-refractivity contribution is 0.122. The van der Waals surface area contributed by atoms with Crippen molar-refractivity contribution in [3.05, 3.63) is 65.7 Å². The van der Waals surface area contributed by atoms with Crippen LogP contribution in [0.2, 0.25) is 0 Å². The molecule has 0 fully saturated rings. The molecule has 1 heterocycles. The molecule has 2 aromatic carbocycles. The molecule has 3 rings (SSSR count). The van der Waals surface area contributed by atoms with Gasteiger partial charge in [-0.2, -0.15) is 5.10 Å². The van der Waals surface area contributed by atoms with Crippen LogP contribution in [0.15, 0.2) is 54.6 Å². The molecule has 0 saturated heterocycles. The molecule has 0 aliphatic carbocycles. The van der Waals surface area contributed by atoms with Gasteiger partial charge in [-0.1, -0.05) is 49.4 Å². The van der Waals surface area contributed by atoms with Gasteiger partial charge in [-0.15, -0.1) is 0 Å². The zero-order chi connectivity index (χ0) is 20.8. The predicted octanol–water partition coefficient (Wildman–Crippen LogP) is 4.78. The van der Waals surface area contributed by atoms with E-state index in [4.69, 9.17) is 9.84 Å². The summed E-state index contributed by atoms with van der Waals surface area (Å²) in [5, 5.41) is 14.8. The molecule has 5 heteroatoms. The Morgan fingerprint density at radius 1 is 1.14 bits per heavy atom. The molecule has 3 aromatic rings. The first-order valence-electron chi connectivity index (χ1n) is 10.2. The largest absolute Gasteiger partial charge is 0.439 e. The van der Waals surface area contributed by atoms with Gasteiger partial charge >= 0.3 is 0 Å². The van der Waals surface area contributed by atoms with Gasteiger partial charge in [0.05, 0.1) is 11.7 Å². The number of aryl methyl sites for hydroxylation is 2. The third-order valence-corrected chi connectivity index (χ3v) is 4.78. The molecule has 29 heavy (non-hydrogen) atoms. The second-order valence-electron chi connectivity index (χ2n) is 7.62. The van der Waals surface area contributed by atoms with Gasteiger partial charge in [0.1, 0.15) is 11.4 Å². The van der Waals surface area contributed by atoms with Gasteiger partial charge in [-0.25, -0.2) is 4.68 Å². The maximum Gasteiger partial charge on any atom is 0.222 e. The minimum Gasteiger partial charge on any atom is -0.439 e. The van der Waals surface area contributed by atoms with Crippen LogP contribution in [0.5, 0.6) is 11.6 Å². The van der Waals surface area contributed by atoms with Crippen LogP contribution in [0.1, 0.15) is 31.4 Å². The smallest absolute Gasteiger partial charge is 0.222 e. The van der Waals surface area contributed by atoms with E-state index < -0.39 is 0 Å². The van der Waals surface area contributed by atoms with Crippen molar-refractivity contribution in [3.63, 3.8) is 0 Å². The van der Waals surface area contributed by atoms with Crippen molar-refractivity contribution >= 4 is 0 Å². The highest BCUT2D eigenvalue weighted by Gasteiger charge is 2.22. The maximum absolute atomic E-state index is 9.96. The van der Waals surface area contributed by atoms with Crippen LogP contribution in [-0.2, 0) is 13.6 Å². The molecule has 1 aromatic heterocycles. The van der Waals surface area contributed by atoms with Gasteiger partial charge in [0.15, 0.2) is 0 Å². The number of benzene rings is 2. The minimum atomic E-state index is -0.389. The summed E-state index contributed by atoms with van der Waals surface area (Å²) in [6, 6.07) is 18.2. The Balaban J connectivity index is 2.03. The average molecular weight is 394 g/mol. The van der Waals surface area contributed by atoms with E-state index in [2.05, 4.69) is 36.9 Å². The lowest BCUT2D eigenvalue weighted by atomic mass is 10.1.